The lowest BCUT2D eigenvalue weighted by Gasteiger charge is -2.37. The van der Waals surface area contributed by atoms with Crippen molar-refractivity contribution in [3.8, 4) is 5.75 Å². The zero-order valence-corrected chi connectivity index (χ0v) is 14.3. The molecule has 0 bridgehead atoms. The highest BCUT2D eigenvalue weighted by Crippen LogP contribution is 2.30. The van der Waals surface area contributed by atoms with E-state index < -0.39 is 0 Å². The Hall–Kier alpha value is -1.26. The molecule has 1 saturated heterocycles. The minimum absolute atomic E-state index is 0.157. The van der Waals surface area contributed by atoms with Crippen LogP contribution in [0.3, 0.4) is 0 Å². The Morgan fingerprint density at radius 1 is 1.13 bits per heavy atom. The highest BCUT2D eigenvalue weighted by atomic mass is 16.5. The van der Waals surface area contributed by atoms with Crippen LogP contribution in [0.25, 0.3) is 0 Å². The van der Waals surface area contributed by atoms with E-state index in [9.17, 15) is 5.11 Å². The van der Waals surface area contributed by atoms with Crippen molar-refractivity contribution < 1.29 is 9.84 Å². The highest BCUT2D eigenvalue weighted by molar-refractivity contribution is 5.58. The summed E-state index contributed by atoms with van der Waals surface area (Å²) < 4.78 is 5.47. The van der Waals surface area contributed by atoms with Crippen LogP contribution >= 0.6 is 0 Å². The largest absolute Gasteiger partial charge is 0.495 e. The minimum Gasteiger partial charge on any atom is -0.495 e. The van der Waals surface area contributed by atoms with Crippen LogP contribution in [0.4, 0.5) is 5.69 Å². The van der Waals surface area contributed by atoms with Crippen LogP contribution in [0.15, 0.2) is 24.3 Å². The summed E-state index contributed by atoms with van der Waals surface area (Å²) in [6.45, 7) is 4.85. The average molecular weight is 318 g/mol. The van der Waals surface area contributed by atoms with Crippen molar-refractivity contribution in [3.05, 3.63) is 24.3 Å². The average Bonchev–Trinajstić information content (AvgIpc) is 3.08. The van der Waals surface area contributed by atoms with E-state index >= 15 is 0 Å². The number of benzene rings is 1. The Morgan fingerprint density at radius 3 is 2.52 bits per heavy atom. The van der Waals surface area contributed by atoms with Gasteiger partial charge in [-0.15, -0.1) is 0 Å². The van der Waals surface area contributed by atoms with Gasteiger partial charge in [-0.1, -0.05) is 37.8 Å². The van der Waals surface area contributed by atoms with Gasteiger partial charge in [-0.05, 0) is 24.5 Å². The first-order chi connectivity index (χ1) is 11.3. The summed E-state index contributed by atoms with van der Waals surface area (Å²) >= 11 is 0. The first kappa shape index (κ1) is 16.6. The van der Waals surface area contributed by atoms with Gasteiger partial charge in [0, 0.05) is 32.7 Å². The summed E-state index contributed by atoms with van der Waals surface area (Å²) in [6.07, 6.45) is 6.18. The monoisotopic (exact) mass is 318 g/mol. The molecule has 0 spiro atoms. The third-order valence-corrected chi connectivity index (χ3v) is 5.35. The number of β-amino-alcohol motifs (C(OH)–C–C–N with tert-alkyl or cyclic N) is 1. The Bertz CT molecular complexity index is 480. The van der Waals surface area contributed by atoms with E-state index in [1.165, 1.54) is 31.4 Å². The van der Waals surface area contributed by atoms with Crippen molar-refractivity contribution >= 4 is 5.69 Å². The topological polar surface area (TPSA) is 35.9 Å². The number of nitrogens with zero attached hydrogens (tertiary/aromatic N) is 2. The van der Waals surface area contributed by atoms with Gasteiger partial charge in [0.2, 0.25) is 0 Å². The fourth-order valence-corrected chi connectivity index (χ4v) is 4.07. The molecule has 4 nitrogen and oxygen atoms in total. The van der Waals surface area contributed by atoms with E-state index in [1.54, 1.807) is 7.11 Å². The molecule has 4 heteroatoms. The van der Waals surface area contributed by atoms with Gasteiger partial charge in [0.05, 0.1) is 18.9 Å². The minimum atomic E-state index is -0.157. The molecule has 0 amide bonds. The Balaban J connectivity index is 1.46. The van der Waals surface area contributed by atoms with Gasteiger partial charge in [-0.25, -0.2) is 0 Å². The molecule has 1 aromatic carbocycles. The molecule has 1 aromatic rings. The molecule has 0 radical (unpaired) electrons. The van der Waals surface area contributed by atoms with Gasteiger partial charge in [0.25, 0.3) is 0 Å². The fourth-order valence-electron chi connectivity index (χ4n) is 4.07. The van der Waals surface area contributed by atoms with Crippen LogP contribution in [0, 0.1) is 5.92 Å². The molecule has 0 aromatic heterocycles. The lowest BCUT2D eigenvalue weighted by Crippen LogP contribution is -2.48. The molecule has 3 rings (SSSR count). The molecule has 1 aliphatic heterocycles. The van der Waals surface area contributed by atoms with E-state index in [0.29, 0.717) is 0 Å². The zero-order valence-electron chi connectivity index (χ0n) is 14.3. The van der Waals surface area contributed by atoms with Gasteiger partial charge in [0.15, 0.2) is 0 Å². The van der Waals surface area contributed by atoms with Crippen molar-refractivity contribution in [1.29, 1.82) is 0 Å². The number of hydrogen-bond donors (Lipinski definition) is 1. The second kappa shape index (κ2) is 8.02. The van der Waals surface area contributed by atoms with Crippen LogP contribution in [0.5, 0.6) is 5.75 Å². The van der Waals surface area contributed by atoms with Crippen molar-refractivity contribution in [2.24, 2.45) is 5.92 Å². The molecule has 2 aliphatic rings. The number of methoxy groups -OCH3 is 1. The summed E-state index contributed by atoms with van der Waals surface area (Å²) in [5, 5.41) is 10.4. The lowest BCUT2D eigenvalue weighted by molar-refractivity contribution is 0.0884. The molecular weight excluding hydrogens is 288 g/mol. The third-order valence-electron chi connectivity index (χ3n) is 5.35. The van der Waals surface area contributed by atoms with E-state index in [-0.39, 0.29) is 6.10 Å². The second-order valence-electron chi connectivity index (χ2n) is 7.00. The Labute approximate surface area is 140 Å². The first-order valence-electron chi connectivity index (χ1n) is 9.04. The standard InChI is InChI=1S/C19H30N2O2/c1-23-19-9-5-4-8-18(19)21-12-10-20(11-13-21)15-17(22)14-16-6-2-3-7-16/h4-5,8-9,16-17,22H,2-3,6-7,10-15H2,1H3/t17-/m0/s1. The predicted molar refractivity (Wildman–Crippen MR) is 94.2 cm³/mol. The lowest BCUT2D eigenvalue weighted by atomic mass is 9.99. The molecule has 1 heterocycles. The maximum atomic E-state index is 10.4. The summed E-state index contributed by atoms with van der Waals surface area (Å²) in [6, 6.07) is 8.23. The van der Waals surface area contributed by atoms with E-state index in [1.807, 2.05) is 12.1 Å². The van der Waals surface area contributed by atoms with Gasteiger partial charge in [-0.3, -0.25) is 4.90 Å². The molecule has 1 saturated carbocycles. The highest BCUT2D eigenvalue weighted by Gasteiger charge is 2.23. The fraction of sp³-hybridized carbons (Fsp3) is 0.684. The quantitative estimate of drug-likeness (QED) is 0.875. The second-order valence-corrected chi connectivity index (χ2v) is 7.00. The molecule has 1 aliphatic carbocycles. The number of piperazine rings is 1. The molecule has 0 unspecified atom stereocenters. The predicted octanol–water partition coefficient (Wildman–Crippen LogP) is 2.76. The number of aliphatic hydroxyl groups excluding tert-OH is 1. The van der Waals surface area contributed by atoms with Crippen molar-refractivity contribution in [1.82, 2.24) is 4.90 Å². The maximum Gasteiger partial charge on any atom is 0.142 e. The number of anilines is 1. The number of aliphatic hydroxyl groups is 1. The maximum absolute atomic E-state index is 10.4. The number of ether oxygens (including phenoxy) is 1. The molecular formula is C19H30N2O2. The molecule has 23 heavy (non-hydrogen) atoms. The molecule has 1 atom stereocenters. The van der Waals surface area contributed by atoms with Gasteiger partial charge in [-0.2, -0.15) is 0 Å². The van der Waals surface area contributed by atoms with E-state index in [2.05, 4.69) is 21.9 Å². The summed E-state index contributed by atoms with van der Waals surface area (Å²) in [4.78, 5) is 4.80. The third kappa shape index (κ3) is 4.39. The van der Waals surface area contributed by atoms with Gasteiger partial charge >= 0.3 is 0 Å². The van der Waals surface area contributed by atoms with E-state index in [0.717, 1.165) is 50.8 Å². The Morgan fingerprint density at radius 2 is 1.83 bits per heavy atom. The summed E-state index contributed by atoms with van der Waals surface area (Å²) in [5.74, 6) is 1.71. The number of hydrogen-bond acceptors (Lipinski definition) is 4. The number of rotatable bonds is 6. The van der Waals surface area contributed by atoms with Gasteiger partial charge in [0.1, 0.15) is 5.75 Å². The summed E-state index contributed by atoms with van der Waals surface area (Å²) in [7, 11) is 1.73. The van der Waals surface area contributed by atoms with Crippen LogP contribution in [-0.2, 0) is 0 Å². The van der Waals surface area contributed by atoms with Crippen molar-refractivity contribution in [2.75, 3.05) is 44.7 Å². The van der Waals surface area contributed by atoms with Crippen molar-refractivity contribution in [2.45, 2.75) is 38.2 Å². The SMILES string of the molecule is COc1ccccc1N1CCN(C[C@@H](O)CC2CCCC2)CC1. The first-order valence-corrected chi connectivity index (χ1v) is 9.04. The van der Waals surface area contributed by atoms with Crippen LogP contribution in [-0.4, -0.2) is 55.9 Å². The zero-order chi connectivity index (χ0) is 16.1. The molecule has 2 fully saturated rings. The summed E-state index contributed by atoms with van der Waals surface area (Å²) in [5.41, 5.74) is 1.18. The number of para-hydroxylation sites is 2. The van der Waals surface area contributed by atoms with Crippen LogP contribution in [0.1, 0.15) is 32.1 Å². The Kier molecular flexibility index (Phi) is 5.79. The van der Waals surface area contributed by atoms with Crippen molar-refractivity contribution in [3.63, 3.8) is 0 Å². The van der Waals surface area contributed by atoms with Crippen LogP contribution < -0.4 is 9.64 Å². The normalized spacial score (nSPS) is 21.6. The molecule has 128 valence electrons. The van der Waals surface area contributed by atoms with Gasteiger partial charge < -0.3 is 14.7 Å². The molecule has 1 N–H and O–H groups in total. The van der Waals surface area contributed by atoms with E-state index in [4.69, 9.17) is 4.74 Å². The van der Waals surface area contributed by atoms with Crippen LogP contribution in [0.2, 0.25) is 0 Å². The smallest absolute Gasteiger partial charge is 0.142 e.